The van der Waals surface area contributed by atoms with E-state index in [2.05, 4.69) is 20.9 Å². The van der Waals surface area contributed by atoms with Gasteiger partial charge in [0.25, 0.3) is 5.91 Å². The Balaban J connectivity index is 2.17. The molecule has 0 aliphatic heterocycles. The van der Waals surface area contributed by atoms with E-state index in [1.165, 1.54) is 0 Å². The zero-order valence-corrected chi connectivity index (χ0v) is 13.5. The van der Waals surface area contributed by atoms with Crippen molar-refractivity contribution in [1.29, 1.82) is 0 Å². The van der Waals surface area contributed by atoms with Crippen molar-refractivity contribution in [2.24, 2.45) is 0 Å². The van der Waals surface area contributed by atoms with Crippen LogP contribution >= 0.6 is 27.3 Å². The molecule has 0 unspecified atom stereocenters. The third-order valence-electron chi connectivity index (χ3n) is 2.91. The van der Waals surface area contributed by atoms with Crippen LogP contribution in [0.4, 0.5) is 0 Å². The first-order chi connectivity index (χ1) is 8.99. The molecule has 0 N–H and O–H groups in total. The maximum atomic E-state index is 12.4. The van der Waals surface area contributed by atoms with Crippen LogP contribution in [0.1, 0.15) is 25.8 Å². The van der Waals surface area contributed by atoms with Crippen LogP contribution in [-0.4, -0.2) is 22.8 Å². The first-order valence-corrected chi connectivity index (χ1v) is 7.52. The van der Waals surface area contributed by atoms with Gasteiger partial charge in [0, 0.05) is 28.2 Å². The minimum absolute atomic E-state index is 0.0323. The molecule has 19 heavy (non-hydrogen) atoms. The molecule has 2 aromatic rings. The molecule has 5 heteroatoms. The summed E-state index contributed by atoms with van der Waals surface area (Å²) < 4.78 is 0.959. The maximum Gasteiger partial charge on any atom is 0.254 e. The largest absolute Gasteiger partial charge is 0.336 e. The fraction of sp³-hybridized carbons (Fsp3) is 0.286. The first-order valence-electron chi connectivity index (χ1n) is 5.91. The number of aryl methyl sites for hydroxylation is 1. The molecule has 100 valence electrons. The Bertz CT molecular complexity index is 609. The number of nitrogens with zero attached hydrogens (tertiary/aromatic N) is 2. The van der Waals surface area contributed by atoms with Gasteiger partial charge < -0.3 is 4.90 Å². The van der Waals surface area contributed by atoms with Gasteiger partial charge in [-0.15, -0.1) is 11.3 Å². The van der Waals surface area contributed by atoms with E-state index >= 15 is 0 Å². The van der Waals surface area contributed by atoms with E-state index < -0.39 is 0 Å². The molecule has 1 heterocycles. The predicted octanol–water partition coefficient (Wildman–Crippen LogP) is 3.79. The molecule has 1 amide bonds. The van der Waals surface area contributed by atoms with Crippen molar-refractivity contribution >= 4 is 33.2 Å². The second kappa shape index (κ2) is 5.84. The van der Waals surface area contributed by atoms with Gasteiger partial charge in [-0.05, 0) is 31.5 Å². The van der Waals surface area contributed by atoms with Crippen molar-refractivity contribution < 1.29 is 4.79 Å². The van der Waals surface area contributed by atoms with Gasteiger partial charge in [0.1, 0.15) is 0 Å². The van der Waals surface area contributed by atoms with Gasteiger partial charge in [-0.3, -0.25) is 4.79 Å². The minimum Gasteiger partial charge on any atom is -0.336 e. The van der Waals surface area contributed by atoms with Crippen molar-refractivity contribution in [2.75, 3.05) is 7.05 Å². The molecule has 0 bridgehead atoms. The highest BCUT2D eigenvalue weighted by Gasteiger charge is 2.16. The van der Waals surface area contributed by atoms with Crippen molar-refractivity contribution in [3.8, 4) is 0 Å². The maximum absolute atomic E-state index is 12.4. The number of benzene rings is 1. The summed E-state index contributed by atoms with van der Waals surface area (Å²) in [6.07, 6.45) is 1.83. The van der Waals surface area contributed by atoms with Crippen LogP contribution in [0.25, 0.3) is 0 Å². The number of amides is 1. The summed E-state index contributed by atoms with van der Waals surface area (Å²) in [5, 5.41) is 1.02. The van der Waals surface area contributed by atoms with Gasteiger partial charge in [-0.25, -0.2) is 4.98 Å². The molecule has 0 aliphatic rings. The Hall–Kier alpha value is -1.20. The van der Waals surface area contributed by atoms with Crippen LogP contribution in [0, 0.1) is 13.8 Å². The minimum atomic E-state index is 0.0323. The molecular formula is C14H15BrN2OS. The number of hydrogen-bond donors (Lipinski definition) is 0. The third-order valence-corrected chi connectivity index (χ3v) is 4.66. The van der Waals surface area contributed by atoms with Gasteiger partial charge in [0.05, 0.1) is 11.6 Å². The number of carbonyl (C=O) groups is 1. The molecule has 0 atom stereocenters. The summed E-state index contributed by atoms with van der Waals surface area (Å²) >= 11 is 5.08. The predicted molar refractivity (Wildman–Crippen MR) is 81.5 cm³/mol. The molecule has 0 saturated carbocycles. The lowest BCUT2D eigenvalue weighted by Gasteiger charge is -2.17. The normalized spacial score (nSPS) is 10.5. The molecule has 2 rings (SSSR count). The van der Waals surface area contributed by atoms with Crippen LogP contribution in [-0.2, 0) is 6.54 Å². The van der Waals surface area contributed by atoms with E-state index in [-0.39, 0.29) is 5.91 Å². The van der Waals surface area contributed by atoms with E-state index in [1.807, 2.05) is 45.3 Å². The van der Waals surface area contributed by atoms with E-state index in [0.29, 0.717) is 6.54 Å². The highest BCUT2D eigenvalue weighted by molar-refractivity contribution is 9.10. The lowest BCUT2D eigenvalue weighted by molar-refractivity contribution is 0.0785. The van der Waals surface area contributed by atoms with Gasteiger partial charge >= 0.3 is 0 Å². The van der Waals surface area contributed by atoms with Crippen LogP contribution in [0.3, 0.4) is 0 Å². The summed E-state index contributed by atoms with van der Waals surface area (Å²) in [6.45, 7) is 4.51. The van der Waals surface area contributed by atoms with Crippen LogP contribution in [0.2, 0.25) is 0 Å². The Labute approximate surface area is 125 Å². The summed E-state index contributed by atoms with van der Waals surface area (Å²) in [6, 6.07) is 5.69. The quantitative estimate of drug-likeness (QED) is 0.852. The zero-order chi connectivity index (χ0) is 14.0. The highest BCUT2D eigenvalue weighted by atomic mass is 79.9. The standard InChI is InChI=1S/C14H15BrN2OS/c1-9-12(5-4-6-13(9)15)14(18)17(3)8-11-7-16-10(2)19-11/h4-7H,8H2,1-3H3. The lowest BCUT2D eigenvalue weighted by atomic mass is 10.1. The average molecular weight is 339 g/mol. The van der Waals surface area contributed by atoms with Crippen molar-refractivity contribution in [2.45, 2.75) is 20.4 Å². The Morgan fingerprint density at radius 3 is 2.79 bits per heavy atom. The third kappa shape index (κ3) is 3.22. The van der Waals surface area contributed by atoms with Crippen LogP contribution in [0.5, 0.6) is 0 Å². The average Bonchev–Trinajstić information content (AvgIpc) is 2.77. The molecule has 0 saturated heterocycles. The molecule has 0 aliphatic carbocycles. The number of rotatable bonds is 3. The molecule has 0 radical (unpaired) electrons. The Kier molecular flexibility index (Phi) is 4.37. The fourth-order valence-electron chi connectivity index (χ4n) is 1.83. The van der Waals surface area contributed by atoms with Gasteiger partial charge in [-0.1, -0.05) is 22.0 Å². The number of hydrogen-bond acceptors (Lipinski definition) is 3. The first kappa shape index (κ1) is 14.2. The molecule has 1 aromatic carbocycles. The molecule has 1 aromatic heterocycles. The highest BCUT2D eigenvalue weighted by Crippen LogP contribution is 2.21. The SMILES string of the molecule is Cc1ncc(CN(C)C(=O)c2cccc(Br)c2C)s1. The molecule has 0 spiro atoms. The zero-order valence-electron chi connectivity index (χ0n) is 11.1. The van der Waals surface area contributed by atoms with Crippen molar-refractivity contribution in [3.63, 3.8) is 0 Å². The van der Waals surface area contributed by atoms with E-state index in [0.717, 1.165) is 25.5 Å². The summed E-state index contributed by atoms with van der Waals surface area (Å²) in [4.78, 5) is 19.4. The van der Waals surface area contributed by atoms with Gasteiger partial charge in [-0.2, -0.15) is 0 Å². The van der Waals surface area contributed by atoms with Crippen molar-refractivity contribution in [1.82, 2.24) is 9.88 Å². The number of aromatic nitrogens is 1. The van der Waals surface area contributed by atoms with Crippen LogP contribution in [0.15, 0.2) is 28.9 Å². The lowest BCUT2D eigenvalue weighted by Crippen LogP contribution is -2.26. The smallest absolute Gasteiger partial charge is 0.254 e. The molecule has 0 fully saturated rings. The fourth-order valence-corrected chi connectivity index (χ4v) is 3.04. The van der Waals surface area contributed by atoms with Crippen molar-refractivity contribution in [3.05, 3.63) is 49.9 Å². The van der Waals surface area contributed by atoms with E-state index in [9.17, 15) is 4.79 Å². The molecule has 3 nitrogen and oxygen atoms in total. The van der Waals surface area contributed by atoms with E-state index in [1.54, 1.807) is 16.2 Å². The summed E-state index contributed by atoms with van der Waals surface area (Å²) in [5.74, 6) is 0.0323. The monoisotopic (exact) mass is 338 g/mol. The van der Waals surface area contributed by atoms with E-state index in [4.69, 9.17) is 0 Å². The second-order valence-electron chi connectivity index (χ2n) is 4.42. The number of thiazole rings is 1. The number of halogens is 1. The van der Waals surface area contributed by atoms with Gasteiger partial charge in [0.15, 0.2) is 0 Å². The topological polar surface area (TPSA) is 33.2 Å². The molecular weight excluding hydrogens is 324 g/mol. The second-order valence-corrected chi connectivity index (χ2v) is 6.59. The van der Waals surface area contributed by atoms with Gasteiger partial charge in [0.2, 0.25) is 0 Å². The van der Waals surface area contributed by atoms with Crippen LogP contribution < -0.4 is 0 Å². The summed E-state index contributed by atoms with van der Waals surface area (Å²) in [5.41, 5.74) is 1.71. The summed E-state index contributed by atoms with van der Waals surface area (Å²) in [7, 11) is 1.82. The Morgan fingerprint density at radius 1 is 1.42 bits per heavy atom. The Morgan fingerprint density at radius 2 is 2.16 bits per heavy atom. The number of carbonyl (C=O) groups excluding carboxylic acids is 1.